The molecule has 11 heteroatoms. The summed E-state index contributed by atoms with van der Waals surface area (Å²) in [7, 11) is 1.82. The molecule has 2 unspecified atom stereocenters. The van der Waals surface area contributed by atoms with Gasteiger partial charge < -0.3 is 9.80 Å². The average molecular weight is 615 g/mol. The summed E-state index contributed by atoms with van der Waals surface area (Å²) >= 11 is 12.5. The lowest BCUT2D eigenvalue weighted by Gasteiger charge is -2.34. The molecule has 1 saturated carbocycles. The molecule has 2 aromatic rings. The number of benzene rings is 2. The van der Waals surface area contributed by atoms with Crippen LogP contribution in [0.2, 0.25) is 10.0 Å². The first-order valence-electron chi connectivity index (χ1n) is 13.9. The first-order valence-corrected chi connectivity index (χ1v) is 14.6. The molecule has 2 aliphatic heterocycles. The summed E-state index contributed by atoms with van der Waals surface area (Å²) < 4.78 is 53.4. The van der Waals surface area contributed by atoms with Crippen molar-refractivity contribution in [3.05, 3.63) is 69.0 Å². The fourth-order valence-electron chi connectivity index (χ4n) is 6.15. The van der Waals surface area contributed by atoms with Crippen LogP contribution in [-0.4, -0.2) is 65.8 Å². The zero-order valence-electron chi connectivity index (χ0n) is 23.0. The van der Waals surface area contributed by atoms with E-state index in [0.717, 1.165) is 30.5 Å². The van der Waals surface area contributed by atoms with E-state index >= 15 is 0 Å². The highest BCUT2D eigenvalue weighted by Gasteiger charge is 2.48. The molecule has 3 fully saturated rings. The Balaban J connectivity index is 1.31. The Morgan fingerprint density at radius 2 is 1.68 bits per heavy atom. The maximum Gasteiger partial charge on any atom is 0.419 e. The molecule has 41 heavy (non-hydrogen) atoms. The zero-order valence-corrected chi connectivity index (χ0v) is 24.5. The van der Waals surface area contributed by atoms with Gasteiger partial charge in [-0.2, -0.15) is 13.2 Å². The van der Waals surface area contributed by atoms with Crippen molar-refractivity contribution in [2.45, 2.75) is 57.3 Å². The van der Waals surface area contributed by atoms with Crippen LogP contribution in [0.5, 0.6) is 0 Å². The van der Waals surface area contributed by atoms with Crippen LogP contribution in [0.4, 0.5) is 17.6 Å². The minimum Gasteiger partial charge on any atom is -0.342 e. The second kappa shape index (κ2) is 11.4. The number of likely N-dealkylation sites (N-methyl/N-ethyl adjacent to an activating group) is 1. The normalized spacial score (nSPS) is 22.9. The van der Waals surface area contributed by atoms with Crippen LogP contribution in [0.1, 0.15) is 55.2 Å². The van der Waals surface area contributed by atoms with E-state index in [1.165, 1.54) is 6.07 Å². The second-order valence-electron chi connectivity index (χ2n) is 11.9. The van der Waals surface area contributed by atoms with Crippen LogP contribution >= 0.6 is 23.2 Å². The summed E-state index contributed by atoms with van der Waals surface area (Å²) in [6, 6.07) is 8.13. The third-order valence-electron chi connectivity index (χ3n) is 8.96. The molecule has 5 rings (SSSR count). The summed E-state index contributed by atoms with van der Waals surface area (Å²) in [4.78, 5) is 32.1. The summed E-state index contributed by atoms with van der Waals surface area (Å²) in [5.74, 6) is -1.42. The number of carbonyl (C=O) groups is 2. The van der Waals surface area contributed by atoms with Gasteiger partial charge >= 0.3 is 6.18 Å². The standard InChI is InChI=1S/C30H33Cl2F4N3O2/c1-29(9-10-29)28(41)38-11-7-19(8-12-38)27(40)39-16-21(20-4-6-23(31)24(32)14-20)26(17-39)37(2)15-18-3-5-22(25(33)13-18)30(34,35)36/h3-6,13-14,19,21,26H,7-12,15-17H2,1-2H3. The number of halogens is 6. The monoisotopic (exact) mass is 613 g/mol. The summed E-state index contributed by atoms with van der Waals surface area (Å²) in [5, 5.41) is 0.800. The van der Waals surface area contributed by atoms with Gasteiger partial charge in [-0.1, -0.05) is 42.3 Å². The van der Waals surface area contributed by atoms with Crippen molar-refractivity contribution < 1.29 is 27.2 Å². The Hall–Kier alpha value is -2.36. The summed E-state index contributed by atoms with van der Waals surface area (Å²) in [6.45, 7) is 4.16. The first-order chi connectivity index (χ1) is 19.3. The van der Waals surface area contributed by atoms with E-state index in [9.17, 15) is 27.2 Å². The number of alkyl halides is 3. The van der Waals surface area contributed by atoms with Gasteiger partial charge in [0.2, 0.25) is 11.8 Å². The first kappa shape index (κ1) is 30.1. The second-order valence-corrected chi connectivity index (χ2v) is 12.8. The van der Waals surface area contributed by atoms with E-state index in [1.807, 2.05) is 34.7 Å². The van der Waals surface area contributed by atoms with Gasteiger partial charge in [0.25, 0.3) is 0 Å². The van der Waals surface area contributed by atoms with Crippen LogP contribution in [0.25, 0.3) is 0 Å². The minimum absolute atomic E-state index is 0.0382. The molecule has 2 atom stereocenters. The molecule has 0 N–H and O–H groups in total. The maximum absolute atomic E-state index is 14.3. The molecular formula is C30H33Cl2F4N3O2. The van der Waals surface area contributed by atoms with Crippen molar-refractivity contribution in [2.24, 2.45) is 11.3 Å². The highest BCUT2D eigenvalue weighted by Crippen LogP contribution is 2.47. The van der Waals surface area contributed by atoms with Crippen molar-refractivity contribution in [3.63, 3.8) is 0 Å². The quantitative estimate of drug-likeness (QED) is 0.344. The van der Waals surface area contributed by atoms with Gasteiger partial charge in [0.15, 0.2) is 0 Å². The van der Waals surface area contributed by atoms with Crippen molar-refractivity contribution in [1.82, 2.24) is 14.7 Å². The molecule has 2 aromatic carbocycles. The van der Waals surface area contributed by atoms with Crippen molar-refractivity contribution in [1.29, 1.82) is 0 Å². The van der Waals surface area contributed by atoms with E-state index in [0.29, 0.717) is 54.6 Å². The molecular weight excluding hydrogens is 581 g/mol. The van der Waals surface area contributed by atoms with Crippen LogP contribution in [-0.2, 0) is 22.3 Å². The molecule has 5 nitrogen and oxygen atoms in total. The number of amides is 2. The molecule has 2 amide bonds. The van der Waals surface area contributed by atoms with Crippen LogP contribution in [0, 0.1) is 17.2 Å². The van der Waals surface area contributed by atoms with Gasteiger partial charge in [-0.05, 0) is 68.1 Å². The van der Waals surface area contributed by atoms with Crippen LogP contribution in [0.15, 0.2) is 36.4 Å². The van der Waals surface area contributed by atoms with Crippen molar-refractivity contribution >= 4 is 35.0 Å². The molecule has 2 saturated heterocycles. The van der Waals surface area contributed by atoms with Gasteiger partial charge in [0.1, 0.15) is 5.82 Å². The Kier molecular flexibility index (Phi) is 8.36. The van der Waals surface area contributed by atoms with Crippen molar-refractivity contribution in [3.8, 4) is 0 Å². The van der Waals surface area contributed by atoms with Gasteiger partial charge in [0.05, 0.1) is 15.6 Å². The molecule has 0 spiro atoms. The lowest BCUT2D eigenvalue weighted by atomic mass is 9.93. The Morgan fingerprint density at radius 1 is 1.00 bits per heavy atom. The Bertz CT molecular complexity index is 1330. The number of likely N-dealkylation sites (tertiary alicyclic amines) is 2. The minimum atomic E-state index is -4.76. The molecule has 1 aliphatic carbocycles. The third-order valence-corrected chi connectivity index (χ3v) is 9.70. The summed E-state index contributed by atoms with van der Waals surface area (Å²) in [5.41, 5.74) is -0.235. The number of rotatable bonds is 6. The zero-order chi connectivity index (χ0) is 29.7. The SMILES string of the molecule is CN(Cc1ccc(C(F)(F)F)c(F)c1)C1CN(C(=O)C2CCN(C(=O)C3(C)CC3)CC2)CC1c1ccc(Cl)c(Cl)c1. The average Bonchev–Trinajstić information content (AvgIpc) is 3.51. The molecule has 0 aromatic heterocycles. The van der Waals surface area contributed by atoms with E-state index in [-0.39, 0.29) is 41.7 Å². The predicted octanol–water partition coefficient (Wildman–Crippen LogP) is 6.62. The number of piperidine rings is 1. The van der Waals surface area contributed by atoms with Crippen molar-refractivity contribution in [2.75, 3.05) is 33.2 Å². The van der Waals surface area contributed by atoms with Crippen LogP contribution in [0.3, 0.4) is 0 Å². The van der Waals surface area contributed by atoms with E-state index < -0.39 is 17.6 Å². The lowest BCUT2D eigenvalue weighted by Crippen LogP contribution is -2.46. The fourth-order valence-corrected chi connectivity index (χ4v) is 6.45. The van der Waals surface area contributed by atoms with Gasteiger partial charge in [0, 0.05) is 56.0 Å². The molecule has 3 aliphatic rings. The number of hydrogen-bond acceptors (Lipinski definition) is 3. The number of hydrogen-bond donors (Lipinski definition) is 0. The fraction of sp³-hybridized carbons (Fsp3) is 0.533. The molecule has 0 bridgehead atoms. The topological polar surface area (TPSA) is 43.9 Å². The van der Waals surface area contributed by atoms with Gasteiger partial charge in [-0.25, -0.2) is 4.39 Å². The highest BCUT2D eigenvalue weighted by molar-refractivity contribution is 6.42. The third kappa shape index (κ3) is 6.37. The smallest absolute Gasteiger partial charge is 0.342 e. The lowest BCUT2D eigenvalue weighted by molar-refractivity contribution is -0.142. The van der Waals surface area contributed by atoms with E-state index in [1.54, 1.807) is 12.1 Å². The van der Waals surface area contributed by atoms with Gasteiger partial charge in [-0.3, -0.25) is 14.5 Å². The maximum atomic E-state index is 14.3. The predicted molar refractivity (Wildman–Crippen MR) is 149 cm³/mol. The number of nitrogens with zero attached hydrogens (tertiary/aromatic N) is 3. The molecule has 2 heterocycles. The number of carbonyl (C=O) groups excluding carboxylic acids is 2. The summed E-state index contributed by atoms with van der Waals surface area (Å²) in [6.07, 6.45) is -1.70. The highest BCUT2D eigenvalue weighted by atomic mass is 35.5. The van der Waals surface area contributed by atoms with E-state index in [2.05, 4.69) is 0 Å². The Morgan fingerprint density at radius 3 is 2.27 bits per heavy atom. The van der Waals surface area contributed by atoms with Gasteiger partial charge in [-0.15, -0.1) is 0 Å². The molecule has 0 radical (unpaired) electrons. The van der Waals surface area contributed by atoms with E-state index in [4.69, 9.17) is 23.2 Å². The Labute approximate surface area is 247 Å². The van der Waals surface area contributed by atoms with Crippen LogP contribution < -0.4 is 0 Å². The molecule has 222 valence electrons. The largest absolute Gasteiger partial charge is 0.419 e.